The van der Waals surface area contributed by atoms with Gasteiger partial charge in [0.2, 0.25) is 0 Å². The van der Waals surface area contributed by atoms with Gasteiger partial charge < -0.3 is 5.32 Å². The standard InChI is InChI=1S/C13H14BrN3O2S/c1-8-7-20-13(16-8)9(2)15-6-10-3-4-11(17(18)19)5-12(10)14/h3-5,7,9,15H,6H2,1-2H3. The lowest BCUT2D eigenvalue weighted by molar-refractivity contribution is -0.384. The highest BCUT2D eigenvalue weighted by atomic mass is 79.9. The first-order chi connectivity index (χ1) is 9.47. The summed E-state index contributed by atoms with van der Waals surface area (Å²) in [6, 6.07) is 4.94. The van der Waals surface area contributed by atoms with Crippen LogP contribution in [-0.4, -0.2) is 9.91 Å². The number of nitro groups is 1. The molecule has 1 N–H and O–H groups in total. The van der Waals surface area contributed by atoms with Crippen molar-refractivity contribution in [2.45, 2.75) is 26.4 Å². The Balaban J connectivity index is 2.02. The Hall–Kier alpha value is -1.31. The molecule has 0 spiro atoms. The van der Waals surface area contributed by atoms with Crippen molar-refractivity contribution in [1.82, 2.24) is 10.3 Å². The maximum Gasteiger partial charge on any atom is 0.270 e. The summed E-state index contributed by atoms with van der Waals surface area (Å²) in [6.45, 7) is 4.65. The second kappa shape index (κ2) is 6.43. The van der Waals surface area contributed by atoms with Gasteiger partial charge in [-0.15, -0.1) is 11.3 Å². The van der Waals surface area contributed by atoms with Crippen LogP contribution in [0.1, 0.15) is 29.2 Å². The van der Waals surface area contributed by atoms with Gasteiger partial charge in [-0.05, 0) is 25.5 Å². The van der Waals surface area contributed by atoms with Crippen molar-refractivity contribution in [2.75, 3.05) is 0 Å². The van der Waals surface area contributed by atoms with Crippen LogP contribution in [0.4, 0.5) is 5.69 Å². The molecule has 1 aromatic heterocycles. The highest BCUT2D eigenvalue weighted by Gasteiger charge is 2.12. The van der Waals surface area contributed by atoms with E-state index < -0.39 is 4.92 Å². The Bertz CT molecular complexity index is 630. The minimum atomic E-state index is -0.400. The van der Waals surface area contributed by atoms with Crippen molar-refractivity contribution in [2.24, 2.45) is 0 Å². The molecular formula is C13H14BrN3O2S. The molecule has 2 rings (SSSR count). The maximum absolute atomic E-state index is 10.7. The second-order valence-electron chi connectivity index (χ2n) is 4.46. The molecule has 0 radical (unpaired) electrons. The van der Waals surface area contributed by atoms with Gasteiger partial charge in [0.15, 0.2) is 0 Å². The summed E-state index contributed by atoms with van der Waals surface area (Å²) in [5, 5.41) is 17.1. The van der Waals surface area contributed by atoms with Crippen LogP contribution in [0.25, 0.3) is 0 Å². The number of nitrogens with one attached hydrogen (secondary N) is 1. The third kappa shape index (κ3) is 3.62. The fraction of sp³-hybridized carbons (Fsp3) is 0.308. The molecule has 1 heterocycles. The molecule has 20 heavy (non-hydrogen) atoms. The van der Waals surface area contributed by atoms with Crippen LogP contribution in [0.2, 0.25) is 0 Å². The molecule has 0 aliphatic heterocycles. The number of hydrogen-bond donors (Lipinski definition) is 1. The van der Waals surface area contributed by atoms with Crippen molar-refractivity contribution < 1.29 is 4.92 Å². The Kier molecular flexibility index (Phi) is 4.85. The van der Waals surface area contributed by atoms with E-state index in [2.05, 4.69) is 33.2 Å². The van der Waals surface area contributed by atoms with E-state index in [1.165, 1.54) is 12.1 Å². The topological polar surface area (TPSA) is 68.1 Å². The average molecular weight is 356 g/mol. The Morgan fingerprint density at radius 3 is 2.85 bits per heavy atom. The first kappa shape index (κ1) is 15.1. The van der Waals surface area contributed by atoms with Gasteiger partial charge in [0.1, 0.15) is 5.01 Å². The van der Waals surface area contributed by atoms with Gasteiger partial charge in [-0.1, -0.05) is 15.9 Å². The number of hydrogen-bond acceptors (Lipinski definition) is 5. The number of rotatable bonds is 5. The lowest BCUT2D eigenvalue weighted by Gasteiger charge is -2.12. The summed E-state index contributed by atoms with van der Waals surface area (Å²) in [4.78, 5) is 14.7. The Morgan fingerprint density at radius 2 is 2.30 bits per heavy atom. The van der Waals surface area contributed by atoms with E-state index in [0.717, 1.165) is 20.7 Å². The molecule has 106 valence electrons. The molecule has 5 nitrogen and oxygen atoms in total. The van der Waals surface area contributed by atoms with Gasteiger partial charge in [-0.25, -0.2) is 4.98 Å². The van der Waals surface area contributed by atoms with Gasteiger partial charge in [-0.3, -0.25) is 10.1 Å². The lowest BCUT2D eigenvalue weighted by atomic mass is 10.2. The molecule has 1 atom stereocenters. The molecule has 0 bridgehead atoms. The van der Waals surface area contributed by atoms with Gasteiger partial charge in [0, 0.05) is 34.2 Å². The van der Waals surface area contributed by atoms with E-state index >= 15 is 0 Å². The normalized spacial score (nSPS) is 12.3. The molecule has 0 aliphatic rings. The predicted octanol–water partition coefficient (Wildman–Crippen LogP) is 3.97. The van der Waals surface area contributed by atoms with Crippen LogP contribution in [0, 0.1) is 17.0 Å². The quantitative estimate of drug-likeness (QED) is 0.650. The van der Waals surface area contributed by atoms with E-state index in [0.29, 0.717) is 6.54 Å². The van der Waals surface area contributed by atoms with Crippen LogP contribution >= 0.6 is 27.3 Å². The highest BCUT2D eigenvalue weighted by molar-refractivity contribution is 9.10. The number of aromatic nitrogens is 1. The summed E-state index contributed by atoms with van der Waals surface area (Å²) in [5.41, 5.74) is 2.09. The minimum Gasteiger partial charge on any atom is -0.304 e. The number of nitrogens with zero attached hydrogens (tertiary/aromatic N) is 2. The number of benzene rings is 1. The second-order valence-corrected chi connectivity index (χ2v) is 6.21. The predicted molar refractivity (Wildman–Crippen MR) is 82.9 cm³/mol. The summed E-state index contributed by atoms with van der Waals surface area (Å²) < 4.78 is 0.738. The summed E-state index contributed by atoms with van der Waals surface area (Å²) >= 11 is 5.00. The number of nitro benzene ring substituents is 1. The molecule has 0 aliphatic carbocycles. The van der Waals surface area contributed by atoms with Crippen molar-refractivity contribution in [1.29, 1.82) is 0 Å². The Morgan fingerprint density at radius 1 is 1.55 bits per heavy atom. The third-order valence-electron chi connectivity index (χ3n) is 2.85. The molecule has 7 heteroatoms. The third-order valence-corrected chi connectivity index (χ3v) is 4.74. The van der Waals surface area contributed by atoms with Crippen molar-refractivity contribution in [3.05, 3.63) is 54.4 Å². The molecule has 0 amide bonds. The number of aryl methyl sites for hydroxylation is 1. The van der Waals surface area contributed by atoms with E-state index in [4.69, 9.17) is 0 Å². The van der Waals surface area contributed by atoms with E-state index in [9.17, 15) is 10.1 Å². The van der Waals surface area contributed by atoms with Crippen LogP contribution < -0.4 is 5.32 Å². The van der Waals surface area contributed by atoms with Gasteiger partial charge in [-0.2, -0.15) is 0 Å². The van der Waals surface area contributed by atoms with Crippen molar-refractivity contribution >= 4 is 33.0 Å². The maximum atomic E-state index is 10.7. The van der Waals surface area contributed by atoms with Crippen LogP contribution in [0.5, 0.6) is 0 Å². The van der Waals surface area contributed by atoms with Crippen LogP contribution in [0.15, 0.2) is 28.1 Å². The molecule has 1 unspecified atom stereocenters. The zero-order valence-electron chi connectivity index (χ0n) is 11.1. The molecule has 0 saturated carbocycles. The SMILES string of the molecule is Cc1csc(C(C)NCc2ccc([N+](=O)[O-])cc2Br)n1. The summed E-state index contributed by atoms with van der Waals surface area (Å²) in [5.74, 6) is 0. The van der Waals surface area contributed by atoms with E-state index in [1.807, 2.05) is 12.3 Å². The monoisotopic (exact) mass is 355 g/mol. The lowest BCUT2D eigenvalue weighted by Crippen LogP contribution is -2.18. The molecular weight excluding hydrogens is 342 g/mol. The van der Waals surface area contributed by atoms with Crippen molar-refractivity contribution in [3.63, 3.8) is 0 Å². The fourth-order valence-corrected chi connectivity index (χ4v) is 3.05. The fourth-order valence-electron chi connectivity index (χ4n) is 1.71. The van der Waals surface area contributed by atoms with Crippen LogP contribution in [-0.2, 0) is 6.54 Å². The highest BCUT2D eigenvalue weighted by Crippen LogP contribution is 2.24. The zero-order chi connectivity index (χ0) is 14.7. The van der Waals surface area contributed by atoms with E-state index in [1.54, 1.807) is 17.4 Å². The largest absolute Gasteiger partial charge is 0.304 e. The first-order valence-electron chi connectivity index (χ1n) is 6.05. The number of thiazole rings is 1. The van der Waals surface area contributed by atoms with Crippen molar-refractivity contribution in [3.8, 4) is 0 Å². The average Bonchev–Trinajstić information content (AvgIpc) is 2.83. The van der Waals surface area contributed by atoms with Gasteiger partial charge in [0.05, 0.1) is 11.0 Å². The summed E-state index contributed by atoms with van der Waals surface area (Å²) in [6.07, 6.45) is 0. The number of non-ortho nitro benzene ring substituents is 1. The molecule has 0 fully saturated rings. The smallest absolute Gasteiger partial charge is 0.270 e. The zero-order valence-corrected chi connectivity index (χ0v) is 13.5. The minimum absolute atomic E-state index is 0.0872. The van der Waals surface area contributed by atoms with Gasteiger partial charge in [0.25, 0.3) is 5.69 Å². The summed E-state index contributed by atoms with van der Waals surface area (Å²) in [7, 11) is 0. The van der Waals surface area contributed by atoms with E-state index in [-0.39, 0.29) is 11.7 Å². The Labute approximate surface area is 129 Å². The molecule has 2 aromatic rings. The van der Waals surface area contributed by atoms with Gasteiger partial charge >= 0.3 is 0 Å². The first-order valence-corrected chi connectivity index (χ1v) is 7.73. The molecule has 0 saturated heterocycles. The molecule has 1 aromatic carbocycles. The van der Waals surface area contributed by atoms with Crippen LogP contribution in [0.3, 0.4) is 0 Å². The number of halogens is 1.